The second kappa shape index (κ2) is 6.60. The van der Waals surface area contributed by atoms with E-state index >= 15 is 0 Å². The van der Waals surface area contributed by atoms with Crippen LogP contribution in [0.1, 0.15) is 11.1 Å². The van der Waals surface area contributed by atoms with Gasteiger partial charge < -0.3 is 9.67 Å². The number of hydrogen-bond donors (Lipinski definition) is 1. The minimum absolute atomic E-state index is 0.106. The summed E-state index contributed by atoms with van der Waals surface area (Å²) in [5.74, 6) is 0. The lowest BCUT2D eigenvalue weighted by atomic mass is 10.1. The Morgan fingerprint density at radius 1 is 1.14 bits per heavy atom. The van der Waals surface area contributed by atoms with Gasteiger partial charge in [-0.15, -0.1) is 22.7 Å². The van der Waals surface area contributed by atoms with Gasteiger partial charge >= 0.3 is 0 Å². The van der Waals surface area contributed by atoms with Gasteiger partial charge in [0.25, 0.3) is 0 Å². The van der Waals surface area contributed by atoms with E-state index in [1.54, 1.807) is 22.7 Å². The van der Waals surface area contributed by atoms with Crippen LogP contribution in [0.4, 0.5) is 5.69 Å². The van der Waals surface area contributed by atoms with Crippen LogP contribution >= 0.6 is 22.7 Å². The predicted molar refractivity (Wildman–Crippen MR) is 93.8 cm³/mol. The van der Waals surface area contributed by atoms with E-state index in [0.29, 0.717) is 6.54 Å². The average Bonchev–Trinajstić information content (AvgIpc) is 3.14. The Hall–Kier alpha value is -1.69. The maximum absolute atomic E-state index is 9.38. The van der Waals surface area contributed by atoms with Crippen molar-refractivity contribution in [2.45, 2.75) is 20.4 Å². The number of aliphatic hydroxyl groups excluding tert-OH is 1. The first-order valence-corrected chi connectivity index (χ1v) is 8.90. The van der Waals surface area contributed by atoms with E-state index in [0.717, 1.165) is 16.2 Å². The minimum atomic E-state index is 0.106. The van der Waals surface area contributed by atoms with E-state index in [9.17, 15) is 5.11 Å². The van der Waals surface area contributed by atoms with Gasteiger partial charge in [-0.25, -0.2) is 4.99 Å². The molecule has 0 unspecified atom stereocenters. The van der Waals surface area contributed by atoms with E-state index < -0.39 is 0 Å². The summed E-state index contributed by atoms with van der Waals surface area (Å²) in [5, 5.41) is 13.6. The van der Waals surface area contributed by atoms with Crippen LogP contribution in [-0.2, 0) is 6.54 Å². The first-order valence-electron chi connectivity index (χ1n) is 7.14. The highest BCUT2D eigenvalue weighted by atomic mass is 32.1. The largest absolute Gasteiger partial charge is 0.395 e. The van der Waals surface area contributed by atoms with Crippen LogP contribution in [0.25, 0.3) is 10.6 Å². The summed E-state index contributed by atoms with van der Waals surface area (Å²) < 4.78 is 2.09. The molecule has 3 nitrogen and oxygen atoms in total. The van der Waals surface area contributed by atoms with Gasteiger partial charge in [0, 0.05) is 11.9 Å². The summed E-state index contributed by atoms with van der Waals surface area (Å²) >= 11 is 3.31. The lowest BCUT2D eigenvalue weighted by molar-refractivity contribution is 0.275. The molecule has 3 aromatic rings. The fraction of sp³-hybridized carbons (Fsp3) is 0.235. The Kier molecular flexibility index (Phi) is 4.57. The molecular formula is C17H18N2OS2. The topological polar surface area (TPSA) is 37.5 Å². The highest BCUT2D eigenvalue weighted by Crippen LogP contribution is 2.25. The van der Waals surface area contributed by atoms with Gasteiger partial charge in [-0.1, -0.05) is 12.1 Å². The molecule has 0 amide bonds. The molecule has 2 aromatic heterocycles. The summed E-state index contributed by atoms with van der Waals surface area (Å²) in [6, 6.07) is 10.4. The first kappa shape index (κ1) is 15.2. The smallest absolute Gasteiger partial charge is 0.190 e. The molecule has 0 bridgehead atoms. The number of rotatable bonds is 4. The van der Waals surface area contributed by atoms with Gasteiger partial charge in [0.15, 0.2) is 4.80 Å². The number of aryl methyl sites for hydroxylation is 2. The Morgan fingerprint density at radius 2 is 2.00 bits per heavy atom. The maximum atomic E-state index is 9.38. The summed E-state index contributed by atoms with van der Waals surface area (Å²) in [4.78, 5) is 6.88. The van der Waals surface area contributed by atoms with Gasteiger partial charge in [0.05, 0.1) is 22.9 Å². The van der Waals surface area contributed by atoms with E-state index in [1.807, 2.05) is 12.1 Å². The van der Waals surface area contributed by atoms with Gasteiger partial charge in [-0.2, -0.15) is 0 Å². The van der Waals surface area contributed by atoms with Crippen molar-refractivity contribution in [3.63, 3.8) is 0 Å². The highest BCUT2D eigenvalue weighted by molar-refractivity contribution is 7.14. The molecule has 0 aliphatic heterocycles. The van der Waals surface area contributed by atoms with Crippen molar-refractivity contribution in [2.75, 3.05) is 6.61 Å². The number of aromatic nitrogens is 1. The third kappa shape index (κ3) is 3.06. The van der Waals surface area contributed by atoms with Crippen LogP contribution in [0.15, 0.2) is 46.1 Å². The maximum Gasteiger partial charge on any atom is 0.190 e. The van der Waals surface area contributed by atoms with Crippen molar-refractivity contribution < 1.29 is 5.11 Å². The Bertz CT molecular complexity index is 829. The molecule has 0 aliphatic rings. The molecule has 0 spiro atoms. The Balaban J connectivity index is 2.10. The van der Waals surface area contributed by atoms with Crippen LogP contribution in [-0.4, -0.2) is 16.3 Å². The third-order valence-electron chi connectivity index (χ3n) is 3.61. The molecule has 22 heavy (non-hydrogen) atoms. The van der Waals surface area contributed by atoms with Crippen LogP contribution in [0, 0.1) is 13.8 Å². The van der Waals surface area contributed by atoms with Crippen LogP contribution < -0.4 is 4.80 Å². The second-order valence-electron chi connectivity index (χ2n) is 5.14. The average molecular weight is 330 g/mol. The normalized spacial score (nSPS) is 12.0. The number of nitrogens with zero attached hydrogens (tertiary/aromatic N) is 2. The molecule has 0 atom stereocenters. The molecule has 0 fully saturated rings. The zero-order valence-electron chi connectivity index (χ0n) is 12.6. The zero-order chi connectivity index (χ0) is 15.5. The van der Waals surface area contributed by atoms with Crippen molar-refractivity contribution in [3.05, 3.63) is 57.0 Å². The molecule has 0 radical (unpaired) electrons. The highest BCUT2D eigenvalue weighted by Gasteiger charge is 2.08. The van der Waals surface area contributed by atoms with Gasteiger partial charge in [-0.3, -0.25) is 0 Å². The molecule has 1 N–H and O–H groups in total. The number of benzene rings is 1. The summed E-state index contributed by atoms with van der Waals surface area (Å²) in [7, 11) is 0. The molecule has 2 heterocycles. The minimum Gasteiger partial charge on any atom is -0.395 e. The standard InChI is InChI=1S/C17H18N2OS2/c1-12-5-6-14(10-13(12)2)18-17-19(7-8-20)15(11-22-17)16-4-3-9-21-16/h3-6,9-11,20H,7-8H2,1-2H3. The first-order chi connectivity index (χ1) is 10.7. The molecule has 1 aromatic carbocycles. The quantitative estimate of drug-likeness (QED) is 0.768. The summed E-state index contributed by atoms with van der Waals surface area (Å²) in [5.41, 5.74) is 4.59. The molecule has 3 rings (SSSR count). The monoisotopic (exact) mass is 330 g/mol. The lowest BCUT2D eigenvalue weighted by Gasteiger charge is -2.05. The Labute approximate surface area is 137 Å². The van der Waals surface area contributed by atoms with Gasteiger partial charge in [-0.05, 0) is 48.6 Å². The van der Waals surface area contributed by atoms with Crippen molar-refractivity contribution in [1.29, 1.82) is 0 Å². The van der Waals surface area contributed by atoms with Crippen molar-refractivity contribution in [2.24, 2.45) is 4.99 Å². The van der Waals surface area contributed by atoms with E-state index in [2.05, 4.69) is 47.4 Å². The zero-order valence-corrected chi connectivity index (χ0v) is 14.2. The molecule has 0 aliphatic carbocycles. The summed E-state index contributed by atoms with van der Waals surface area (Å²) in [6.07, 6.45) is 0. The lowest BCUT2D eigenvalue weighted by Crippen LogP contribution is -2.17. The summed E-state index contributed by atoms with van der Waals surface area (Å²) in [6.45, 7) is 4.86. The third-order valence-corrected chi connectivity index (χ3v) is 5.37. The fourth-order valence-electron chi connectivity index (χ4n) is 2.26. The molecule has 0 saturated heterocycles. The number of thiazole rings is 1. The van der Waals surface area contributed by atoms with Crippen molar-refractivity contribution >= 4 is 28.4 Å². The molecule has 114 valence electrons. The number of thiophene rings is 1. The van der Waals surface area contributed by atoms with Gasteiger partial charge in [0.2, 0.25) is 0 Å². The van der Waals surface area contributed by atoms with Crippen molar-refractivity contribution in [1.82, 2.24) is 4.57 Å². The number of aliphatic hydroxyl groups is 1. The SMILES string of the molecule is Cc1ccc(N=c2scc(-c3cccs3)n2CCO)cc1C. The predicted octanol–water partition coefficient (Wildman–Crippen LogP) is 4.12. The Morgan fingerprint density at radius 3 is 2.68 bits per heavy atom. The second-order valence-corrected chi connectivity index (χ2v) is 6.92. The fourth-order valence-corrected chi connectivity index (χ4v) is 4.03. The molecule has 5 heteroatoms. The van der Waals surface area contributed by atoms with Crippen molar-refractivity contribution in [3.8, 4) is 10.6 Å². The van der Waals surface area contributed by atoms with E-state index in [-0.39, 0.29) is 6.61 Å². The van der Waals surface area contributed by atoms with Crippen LogP contribution in [0.5, 0.6) is 0 Å². The molecule has 0 saturated carbocycles. The van der Waals surface area contributed by atoms with Crippen LogP contribution in [0.3, 0.4) is 0 Å². The van der Waals surface area contributed by atoms with E-state index in [4.69, 9.17) is 4.99 Å². The van der Waals surface area contributed by atoms with Gasteiger partial charge in [0.1, 0.15) is 0 Å². The van der Waals surface area contributed by atoms with E-state index in [1.165, 1.54) is 16.0 Å². The van der Waals surface area contributed by atoms with Crippen LogP contribution in [0.2, 0.25) is 0 Å². The number of hydrogen-bond acceptors (Lipinski definition) is 4. The molecular weight excluding hydrogens is 312 g/mol.